The zero-order valence-corrected chi connectivity index (χ0v) is 18.6. The van der Waals surface area contributed by atoms with Crippen molar-refractivity contribution in [3.8, 4) is 11.3 Å². The monoisotopic (exact) mass is 433 g/mol. The van der Waals surface area contributed by atoms with Gasteiger partial charge in [-0.05, 0) is 42.9 Å². The lowest BCUT2D eigenvalue weighted by Crippen LogP contribution is -2.54. The van der Waals surface area contributed by atoms with Gasteiger partial charge in [0.05, 0.1) is 11.4 Å². The molecule has 0 fully saturated rings. The minimum absolute atomic E-state index is 0.308. The first-order valence-corrected chi connectivity index (χ1v) is 10.4. The fourth-order valence-electron chi connectivity index (χ4n) is 3.83. The number of halogens is 2. The van der Waals surface area contributed by atoms with Crippen molar-refractivity contribution in [2.24, 2.45) is 5.41 Å². The molecular formula is C22H29F2N5O2. The maximum Gasteiger partial charge on any atom is 0.343 e. The summed E-state index contributed by atoms with van der Waals surface area (Å²) in [6.07, 6.45) is 2.38. The molecular weight excluding hydrogens is 404 g/mol. The number of amides is 2. The molecule has 2 N–H and O–H groups in total. The highest BCUT2D eigenvalue weighted by molar-refractivity contribution is 5.90. The van der Waals surface area contributed by atoms with E-state index in [4.69, 9.17) is 0 Å². The summed E-state index contributed by atoms with van der Waals surface area (Å²) in [6, 6.07) is 2.27. The van der Waals surface area contributed by atoms with E-state index in [0.29, 0.717) is 29.1 Å². The molecule has 1 unspecified atom stereocenters. The molecule has 1 atom stereocenters. The summed E-state index contributed by atoms with van der Waals surface area (Å²) >= 11 is 0. The van der Waals surface area contributed by atoms with Crippen LogP contribution in [-0.2, 0) is 11.2 Å². The molecule has 2 aromatic rings. The number of carbonyl (C=O) groups excluding carboxylic acids is 2. The molecule has 1 aliphatic rings. The summed E-state index contributed by atoms with van der Waals surface area (Å²) in [5.41, 5.74) is 1.65. The van der Waals surface area contributed by atoms with Gasteiger partial charge in [-0.2, -0.15) is 9.78 Å². The number of nitrogens with one attached hydrogen (secondary N) is 2. The van der Waals surface area contributed by atoms with Gasteiger partial charge in [0.1, 0.15) is 11.7 Å². The van der Waals surface area contributed by atoms with Crippen LogP contribution in [0.5, 0.6) is 0 Å². The van der Waals surface area contributed by atoms with E-state index in [1.807, 2.05) is 32.7 Å². The van der Waals surface area contributed by atoms with Crippen LogP contribution in [0.1, 0.15) is 39.3 Å². The topological polar surface area (TPSA) is 79.3 Å². The van der Waals surface area contributed by atoms with Crippen molar-refractivity contribution in [2.45, 2.75) is 46.1 Å². The minimum atomic E-state index is -0.978. The van der Waals surface area contributed by atoms with E-state index in [1.165, 1.54) is 17.8 Å². The van der Waals surface area contributed by atoms with E-state index in [9.17, 15) is 18.4 Å². The first kappa shape index (κ1) is 22.7. The van der Waals surface area contributed by atoms with Crippen molar-refractivity contribution in [3.05, 3.63) is 35.5 Å². The summed E-state index contributed by atoms with van der Waals surface area (Å²) in [7, 11) is 3.41. The van der Waals surface area contributed by atoms with Gasteiger partial charge in [0.2, 0.25) is 5.91 Å². The SMILES string of the molecule is CNC(=O)C(NC(=O)n1nc(-c2ccc(F)c(F)c2)c2c1CCCCN2C)C(C)(C)C. The van der Waals surface area contributed by atoms with Crippen LogP contribution in [0.2, 0.25) is 0 Å². The highest BCUT2D eigenvalue weighted by Gasteiger charge is 2.34. The van der Waals surface area contributed by atoms with Crippen LogP contribution in [0.15, 0.2) is 18.2 Å². The maximum absolute atomic E-state index is 13.9. The van der Waals surface area contributed by atoms with Crippen LogP contribution in [0, 0.1) is 17.0 Å². The third-order valence-electron chi connectivity index (χ3n) is 5.52. The second-order valence-electron chi connectivity index (χ2n) is 8.93. The number of benzene rings is 1. The molecule has 31 heavy (non-hydrogen) atoms. The fourth-order valence-corrected chi connectivity index (χ4v) is 3.83. The molecule has 2 amide bonds. The van der Waals surface area contributed by atoms with Crippen LogP contribution >= 0.6 is 0 Å². The van der Waals surface area contributed by atoms with Gasteiger partial charge in [-0.15, -0.1) is 0 Å². The molecule has 0 spiro atoms. The summed E-state index contributed by atoms with van der Waals surface area (Å²) in [5, 5.41) is 9.86. The maximum atomic E-state index is 13.9. The van der Waals surface area contributed by atoms with E-state index >= 15 is 0 Å². The number of rotatable bonds is 3. The summed E-state index contributed by atoms with van der Waals surface area (Å²) in [5.74, 6) is -2.23. The highest BCUT2D eigenvalue weighted by Crippen LogP contribution is 2.36. The van der Waals surface area contributed by atoms with E-state index in [-0.39, 0.29) is 5.91 Å². The second-order valence-corrected chi connectivity index (χ2v) is 8.93. The van der Waals surface area contributed by atoms with Gasteiger partial charge in [-0.3, -0.25) is 4.79 Å². The van der Waals surface area contributed by atoms with Crippen molar-refractivity contribution < 1.29 is 18.4 Å². The Morgan fingerprint density at radius 2 is 1.87 bits per heavy atom. The molecule has 0 bridgehead atoms. The first-order chi connectivity index (χ1) is 14.5. The molecule has 9 heteroatoms. The van der Waals surface area contributed by atoms with Crippen molar-refractivity contribution in [2.75, 3.05) is 25.5 Å². The molecule has 168 valence electrons. The summed E-state index contributed by atoms with van der Waals surface area (Å²) in [6.45, 7) is 6.33. The van der Waals surface area contributed by atoms with E-state index < -0.39 is 29.1 Å². The summed E-state index contributed by atoms with van der Waals surface area (Å²) in [4.78, 5) is 27.6. The van der Waals surface area contributed by atoms with E-state index in [0.717, 1.165) is 31.5 Å². The quantitative estimate of drug-likeness (QED) is 0.778. The molecule has 2 heterocycles. The smallest absolute Gasteiger partial charge is 0.343 e. The Balaban J connectivity index is 2.09. The normalized spacial score (nSPS) is 15.1. The third-order valence-corrected chi connectivity index (χ3v) is 5.52. The number of carbonyl (C=O) groups is 2. The van der Waals surface area contributed by atoms with Crippen molar-refractivity contribution in [3.63, 3.8) is 0 Å². The number of likely N-dealkylation sites (N-methyl/N-ethyl adjacent to an activating group) is 1. The van der Waals surface area contributed by atoms with Crippen LogP contribution < -0.4 is 15.5 Å². The van der Waals surface area contributed by atoms with Gasteiger partial charge in [0.25, 0.3) is 0 Å². The Kier molecular flexibility index (Phi) is 6.33. The Labute approximate surface area is 180 Å². The van der Waals surface area contributed by atoms with Crippen molar-refractivity contribution in [1.29, 1.82) is 0 Å². The predicted octanol–water partition coefficient (Wildman–Crippen LogP) is 3.32. The minimum Gasteiger partial charge on any atom is -0.371 e. The van der Waals surface area contributed by atoms with E-state index in [2.05, 4.69) is 15.7 Å². The molecule has 1 aromatic carbocycles. The number of aromatic nitrogens is 2. The van der Waals surface area contributed by atoms with Gasteiger partial charge in [0, 0.05) is 26.2 Å². The van der Waals surface area contributed by atoms with Gasteiger partial charge < -0.3 is 15.5 Å². The summed E-state index contributed by atoms with van der Waals surface area (Å²) < 4.78 is 28.7. The molecule has 0 saturated heterocycles. The number of fused-ring (bicyclic) bond motifs is 1. The Bertz CT molecular complexity index is 997. The average molecular weight is 434 g/mol. The van der Waals surface area contributed by atoms with Crippen molar-refractivity contribution in [1.82, 2.24) is 20.4 Å². The average Bonchev–Trinajstić information content (AvgIpc) is 2.99. The van der Waals surface area contributed by atoms with Gasteiger partial charge >= 0.3 is 6.03 Å². The Hall–Kier alpha value is -2.97. The van der Waals surface area contributed by atoms with Crippen LogP contribution in [-0.4, -0.2) is 48.4 Å². The number of nitrogens with zero attached hydrogens (tertiary/aromatic N) is 3. The van der Waals surface area contributed by atoms with Gasteiger partial charge in [-0.1, -0.05) is 20.8 Å². The van der Waals surface area contributed by atoms with Crippen LogP contribution in [0.25, 0.3) is 11.3 Å². The fraction of sp³-hybridized carbons (Fsp3) is 0.500. The molecule has 0 aliphatic carbocycles. The molecule has 7 nitrogen and oxygen atoms in total. The molecule has 0 radical (unpaired) electrons. The lowest BCUT2D eigenvalue weighted by atomic mass is 9.86. The second kappa shape index (κ2) is 8.64. The van der Waals surface area contributed by atoms with Gasteiger partial charge in [-0.25, -0.2) is 13.6 Å². The van der Waals surface area contributed by atoms with Crippen LogP contribution in [0.4, 0.5) is 19.3 Å². The molecule has 1 aliphatic heterocycles. The van der Waals surface area contributed by atoms with Crippen molar-refractivity contribution >= 4 is 17.6 Å². The standard InChI is InChI=1S/C22H29F2N5O2/c1-22(2,3)19(20(30)25-4)26-21(31)29-16-8-6-7-11-28(5)18(16)17(27-29)13-9-10-14(23)15(24)12-13/h9-10,12,19H,6-8,11H2,1-5H3,(H,25,30)(H,26,31). The third kappa shape index (κ3) is 4.55. The van der Waals surface area contributed by atoms with Gasteiger partial charge in [0.15, 0.2) is 11.6 Å². The van der Waals surface area contributed by atoms with E-state index in [1.54, 1.807) is 0 Å². The molecule has 1 aromatic heterocycles. The number of hydrogen-bond acceptors (Lipinski definition) is 4. The molecule has 3 rings (SSSR count). The zero-order valence-electron chi connectivity index (χ0n) is 18.6. The lowest BCUT2D eigenvalue weighted by molar-refractivity contribution is -0.124. The highest BCUT2D eigenvalue weighted by atomic mass is 19.2. The Morgan fingerprint density at radius 3 is 2.48 bits per heavy atom. The lowest BCUT2D eigenvalue weighted by Gasteiger charge is -2.29. The number of hydrogen-bond donors (Lipinski definition) is 2. The Morgan fingerprint density at radius 1 is 1.16 bits per heavy atom. The van der Waals surface area contributed by atoms with Crippen LogP contribution in [0.3, 0.4) is 0 Å². The first-order valence-electron chi connectivity index (χ1n) is 10.4. The number of anilines is 1. The largest absolute Gasteiger partial charge is 0.371 e. The zero-order chi connectivity index (χ0) is 22.9. The predicted molar refractivity (Wildman–Crippen MR) is 115 cm³/mol. The molecule has 0 saturated carbocycles.